The van der Waals surface area contributed by atoms with Gasteiger partial charge < -0.3 is 9.53 Å². The summed E-state index contributed by atoms with van der Waals surface area (Å²) in [6.07, 6.45) is 17.3. The molecule has 164 valence electrons. The summed E-state index contributed by atoms with van der Waals surface area (Å²) in [5.41, 5.74) is 1.13. The summed E-state index contributed by atoms with van der Waals surface area (Å²) in [6.45, 7) is 9.87. The molecular formula is C27H44O2. The van der Waals surface area contributed by atoms with E-state index < -0.39 is 0 Å². The second-order valence-electron chi connectivity index (χ2n) is 12.5. The minimum absolute atomic E-state index is 0.177. The van der Waals surface area contributed by atoms with Crippen molar-refractivity contribution in [2.75, 3.05) is 0 Å². The van der Waals surface area contributed by atoms with Gasteiger partial charge in [-0.25, -0.2) is 0 Å². The average Bonchev–Trinajstić information content (AvgIpc) is 3.19. The summed E-state index contributed by atoms with van der Waals surface area (Å²) in [5.74, 6) is 5.45. The van der Waals surface area contributed by atoms with Gasteiger partial charge in [-0.2, -0.15) is 0 Å². The molecule has 4 saturated carbocycles. The number of hydrogen-bond acceptors (Lipinski definition) is 2. The molecule has 0 bridgehead atoms. The van der Waals surface area contributed by atoms with E-state index in [0.717, 1.165) is 48.7 Å². The zero-order chi connectivity index (χ0) is 20.4. The van der Waals surface area contributed by atoms with Crippen molar-refractivity contribution < 1.29 is 9.53 Å². The fourth-order valence-electron chi connectivity index (χ4n) is 9.81. The zero-order valence-corrected chi connectivity index (χ0v) is 19.4. The van der Waals surface area contributed by atoms with Gasteiger partial charge in [0.15, 0.2) is 0 Å². The van der Waals surface area contributed by atoms with Gasteiger partial charge in [-0.05, 0) is 104 Å². The van der Waals surface area contributed by atoms with E-state index in [4.69, 9.17) is 4.74 Å². The van der Waals surface area contributed by atoms with E-state index in [1.807, 2.05) is 6.92 Å². The number of carbonyl (C=O) groups is 1. The number of ether oxygens (including phenoxy) is 1. The first kappa shape index (κ1) is 20.5. The summed E-state index contributed by atoms with van der Waals surface area (Å²) in [7, 11) is 0. The molecule has 0 radical (unpaired) electrons. The summed E-state index contributed by atoms with van der Waals surface area (Å²) in [6, 6.07) is 0. The van der Waals surface area contributed by atoms with E-state index in [2.05, 4.69) is 20.8 Å². The van der Waals surface area contributed by atoms with Gasteiger partial charge in [0, 0.05) is 5.92 Å². The van der Waals surface area contributed by atoms with Gasteiger partial charge in [0.1, 0.15) is 6.29 Å². The van der Waals surface area contributed by atoms with Gasteiger partial charge in [0.2, 0.25) is 0 Å². The van der Waals surface area contributed by atoms with Crippen LogP contribution in [-0.2, 0) is 9.53 Å². The van der Waals surface area contributed by atoms with Gasteiger partial charge in [-0.1, -0.05) is 40.5 Å². The highest BCUT2D eigenvalue weighted by Gasteiger charge is 2.65. The second kappa shape index (κ2) is 7.35. The molecular weight excluding hydrogens is 356 g/mol. The van der Waals surface area contributed by atoms with Gasteiger partial charge in [-0.3, -0.25) is 0 Å². The maximum absolute atomic E-state index is 11.0. The maximum Gasteiger partial charge on any atom is 0.122 e. The molecule has 0 aromatic carbocycles. The van der Waals surface area contributed by atoms with Crippen molar-refractivity contribution in [3.05, 3.63) is 0 Å². The van der Waals surface area contributed by atoms with E-state index in [-0.39, 0.29) is 5.92 Å². The fourth-order valence-corrected chi connectivity index (χ4v) is 9.81. The molecule has 0 aromatic heterocycles. The summed E-state index contributed by atoms with van der Waals surface area (Å²) >= 11 is 0. The van der Waals surface area contributed by atoms with Crippen LogP contribution in [0.2, 0.25) is 0 Å². The summed E-state index contributed by atoms with van der Waals surface area (Å²) in [4.78, 5) is 11.0. The molecule has 0 N–H and O–H groups in total. The van der Waals surface area contributed by atoms with Crippen LogP contribution in [0.4, 0.5) is 0 Å². The van der Waals surface area contributed by atoms with Crippen LogP contribution in [-0.4, -0.2) is 18.5 Å². The SMILES string of the molecule is CC(C=O)CC[C@H]1O[C@H]2C[C@H]3[C@@H]4CCC5CCCC[C@]5(C)[C@H]4CC[C@]3(C)[C@H]2[C@@H]1C. The van der Waals surface area contributed by atoms with Crippen molar-refractivity contribution in [1.82, 2.24) is 0 Å². The first-order chi connectivity index (χ1) is 13.9. The van der Waals surface area contributed by atoms with E-state index in [1.165, 1.54) is 57.8 Å². The molecule has 1 heterocycles. The van der Waals surface area contributed by atoms with Crippen LogP contribution in [0.3, 0.4) is 0 Å². The molecule has 2 heteroatoms. The Morgan fingerprint density at radius 1 is 1.03 bits per heavy atom. The number of fused-ring (bicyclic) bond motifs is 7. The second-order valence-corrected chi connectivity index (χ2v) is 12.5. The molecule has 4 aliphatic carbocycles. The molecule has 0 spiro atoms. The van der Waals surface area contributed by atoms with E-state index >= 15 is 0 Å². The number of carbonyl (C=O) groups excluding carboxylic acids is 1. The van der Waals surface area contributed by atoms with Crippen LogP contribution in [0.5, 0.6) is 0 Å². The lowest BCUT2D eigenvalue weighted by Gasteiger charge is -2.60. The molecule has 2 unspecified atom stereocenters. The third-order valence-electron chi connectivity index (χ3n) is 11.3. The van der Waals surface area contributed by atoms with Crippen LogP contribution >= 0.6 is 0 Å². The van der Waals surface area contributed by atoms with Gasteiger partial charge >= 0.3 is 0 Å². The van der Waals surface area contributed by atoms with Crippen LogP contribution in [0.15, 0.2) is 0 Å². The summed E-state index contributed by atoms with van der Waals surface area (Å²) < 4.78 is 6.75. The Morgan fingerprint density at radius 2 is 1.86 bits per heavy atom. The van der Waals surface area contributed by atoms with Crippen molar-refractivity contribution in [3.63, 3.8) is 0 Å². The summed E-state index contributed by atoms with van der Waals surface area (Å²) in [5, 5.41) is 0. The van der Waals surface area contributed by atoms with Gasteiger partial charge in [0.25, 0.3) is 0 Å². The third kappa shape index (κ3) is 3.01. The Morgan fingerprint density at radius 3 is 2.66 bits per heavy atom. The fraction of sp³-hybridized carbons (Fsp3) is 0.963. The predicted octanol–water partition coefficient (Wildman–Crippen LogP) is 6.66. The molecule has 5 rings (SSSR count). The molecule has 29 heavy (non-hydrogen) atoms. The molecule has 1 aliphatic heterocycles. The van der Waals surface area contributed by atoms with Crippen molar-refractivity contribution in [3.8, 4) is 0 Å². The van der Waals surface area contributed by atoms with Crippen LogP contribution < -0.4 is 0 Å². The predicted molar refractivity (Wildman–Crippen MR) is 118 cm³/mol. The average molecular weight is 401 g/mol. The number of hydrogen-bond donors (Lipinski definition) is 0. The normalized spacial score (nSPS) is 54.8. The molecule has 0 aromatic rings. The molecule has 2 nitrogen and oxygen atoms in total. The Balaban J connectivity index is 1.33. The topological polar surface area (TPSA) is 26.3 Å². The largest absolute Gasteiger partial charge is 0.374 e. The lowest BCUT2D eigenvalue weighted by Crippen LogP contribution is -2.53. The highest BCUT2D eigenvalue weighted by Crippen LogP contribution is 2.70. The van der Waals surface area contributed by atoms with Crippen LogP contribution in [0.25, 0.3) is 0 Å². The lowest BCUT2D eigenvalue weighted by atomic mass is 9.44. The van der Waals surface area contributed by atoms with Crippen molar-refractivity contribution in [2.45, 2.75) is 111 Å². The minimum atomic E-state index is 0.177. The van der Waals surface area contributed by atoms with Crippen molar-refractivity contribution >= 4 is 6.29 Å². The molecule has 5 fully saturated rings. The van der Waals surface area contributed by atoms with E-state index in [0.29, 0.717) is 29.0 Å². The van der Waals surface area contributed by atoms with E-state index in [1.54, 1.807) is 0 Å². The quantitative estimate of drug-likeness (QED) is 0.493. The van der Waals surface area contributed by atoms with Crippen molar-refractivity contribution in [1.29, 1.82) is 0 Å². The van der Waals surface area contributed by atoms with Gasteiger partial charge in [0.05, 0.1) is 12.2 Å². The molecule has 1 saturated heterocycles. The number of rotatable bonds is 4. The first-order valence-corrected chi connectivity index (χ1v) is 13.0. The molecule has 5 aliphatic rings. The Labute approximate surface area is 178 Å². The Kier molecular flexibility index (Phi) is 5.20. The highest BCUT2D eigenvalue weighted by molar-refractivity contribution is 5.52. The van der Waals surface area contributed by atoms with Crippen LogP contribution in [0, 0.1) is 52.3 Å². The smallest absolute Gasteiger partial charge is 0.122 e. The van der Waals surface area contributed by atoms with E-state index in [9.17, 15) is 4.79 Å². The maximum atomic E-state index is 11.0. The standard InChI is InChI=1S/C27H44O2/c1-17(16-28)8-11-23-18(2)25-24(29-23)15-22-20-10-9-19-7-5-6-13-26(19,3)21(20)12-14-27(22,25)4/h16-25H,5-15H2,1-4H3/t17?,18-,19?,20-,21+,22+,23-,24+,25+,26+,27+/m1/s1. The lowest BCUT2D eigenvalue weighted by molar-refractivity contribution is -0.115. The zero-order valence-electron chi connectivity index (χ0n) is 19.4. The monoisotopic (exact) mass is 400 g/mol. The molecule has 0 amide bonds. The number of aldehydes is 1. The van der Waals surface area contributed by atoms with Crippen LogP contribution in [0.1, 0.15) is 98.3 Å². The Hall–Kier alpha value is -0.370. The minimum Gasteiger partial charge on any atom is -0.374 e. The van der Waals surface area contributed by atoms with Crippen molar-refractivity contribution in [2.24, 2.45) is 52.3 Å². The third-order valence-corrected chi connectivity index (χ3v) is 11.3. The van der Waals surface area contributed by atoms with Gasteiger partial charge in [-0.15, -0.1) is 0 Å². The highest BCUT2D eigenvalue weighted by atomic mass is 16.5. The molecule has 11 atom stereocenters. The Bertz CT molecular complexity index is 630. The first-order valence-electron chi connectivity index (χ1n) is 13.0.